The van der Waals surface area contributed by atoms with Gasteiger partial charge in [0.1, 0.15) is 12.3 Å². The number of likely N-dealkylation sites (tertiary alicyclic amines) is 1. The van der Waals surface area contributed by atoms with E-state index in [0.717, 1.165) is 23.1 Å². The smallest absolute Gasteiger partial charge is 0.410 e. The first-order valence-corrected chi connectivity index (χ1v) is 10.9. The van der Waals surface area contributed by atoms with Crippen LogP contribution in [0.25, 0.3) is 0 Å². The Morgan fingerprint density at radius 2 is 1.77 bits per heavy atom. The Kier molecular flexibility index (Phi) is 6.37. The second-order valence-corrected chi connectivity index (χ2v) is 8.65. The van der Waals surface area contributed by atoms with Gasteiger partial charge < -0.3 is 15.0 Å². The minimum absolute atomic E-state index is 0.0646. The van der Waals surface area contributed by atoms with E-state index in [1.165, 1.54) is 0 Å². The highest BCUT2D eigenvalue weighted by atomic mass is 19.1. The molecule has 2 aromatic rings. The molecule has 1 saturated carbocycles. The molecule has 1 saturated heterocycles. The maximum absolute atomic E-state index is 15.3. The summed E-state index contributed by atoms with van der Waals surface area (Å²) in [6, 6.07) is 17.4. The number of nitrogens with zero attached hydrogens (tertiary/aromatic N) is 1. The number of rotatable bonds is 7. The molecule has 0 bridgehead atoms. The van der Waals surface area contributed by atoms with Gasteiger partial charge in [-0.3, -0.25) is 4.79 Å². The molecule has 1 aliphatic heterocycles. The number of amides is 1. The molecule has 164 valence electrons. The topological polar surface area (TPSA) is 58.6 Å². The Hall–Kier alpha value is -2.73. The van der Waals surface area contributed by atoms with E-state index < -0.39 is 5.67 Å². The molecule has 1 amide bonds. The Morgan fingerprint density at radius 1 is 1.10 bits per heavy atom. The molecule has 2 atom stereocenters. The normalized spacial score (nSPS) is 22.1. The first kappa shape index (κ1) is 21.5. The molecule has 4 rings (SSSR count). The molecule has 2 fully saturated rings. The Bertz CT molecular complexity index is 925. The van der Waals surface area contributed by atoms with Crippen LogP contribution in [0.15, 0.2) is 54.6 Å². The maximum atomic E-state index is 15.3. The van der Waals surface area contributed by atoms with Crippen LogP contribution in [-0.4, -0.2) is 48.1 Å². The summed E-state index contributed by atoms with van der Waals surface area (Å²) in [4.78, 5) is 25.7. The van der Waals surface area contributed by atoms with Crippen molar-refractivity contribution in [3.8, 4) is 0 Å². The lowest BCUT2D eigenvalue weighted by Gasteiger charge is -2.36. The van der Waals surface area contributed by atoms with Crippen LogP contribution in [0.5, 0.6) is 0 Å². The van der Waals surface area contributed by atoms with E-state index in [9.17, 15) is 9.59 Å². The molecule has 6 heteroatoms. The molecule has 1 aliphatic carbocycles. The van der Waals surface area contributed by atoms with Gasteiger partial charge in [0, 0.05) is 50.0 Å². The number of alkyl halides is 1. The summed E-state index contributed by atoms with van der Waals surface area (Å²) in [7, 11) is 0. The molecule has 1 N–H and O–H groups in total. The average Bonchev–Trinajstić information content (AvgIpc) is 3.57. The number of carbonyl (C=O) groups is 2. The average molecular weight is 425 g/mol. The highest BCUT2D eigenvalue weighted by Gasteiger charge is 2.43. The van der Waals surface area contributed by atoms with Crippen LogP contribution in [0.2, 0.25) is 0 Å². The van der Waals surface area contributed by atoms with Crippen LogP contribution in [-0.2, 0) is 11.3 Å². The summed E-state index contributed by atoms with van der Waals surface area (Å²) in [6.07, 6.45) is 1.11. The van der Waals surface area contributed by atoms with Gasteiger partial charge in [0.05, 0.1) is 0 Å². The van der Waals surface area contributed by atoms with Crippen LogP contribution < -0.4 is 5.32 Å². The monoisotopic (exact) mass is 424 g/mol. The zero-order valence-electron chi connectivity index (χ0n) is 17.9. The number of ketones is 1. The zero-order chi connectivity index (χ0) is 21.8. The number of halogens is 1. The third kappa shape index (κ3) is 5.31. The summed E-state index contributed by atoms with van der Waals surface area (Å²) < 4.78 is 20.6. The van der Waals surface area contributed by atoms with Gasteiger partial charge in [-0.1, -0.05) is 54.6 Å². The van der Waals surface area contributed by atoms with Crippen LogP contribution in [0.1, 0.15) is 53.6 Å². The molecule has 5 nitrogen and oxygen atoms in total. The fourth-order valence-electron chi connectivity index (χ4n) is 4.30. The van der Waals surface area contributed by atoms with Crippen LogP contribution in [0.4, 0.5) is 9.18 Å². The van der Waals surface area contributed by atoms with Crippen molar-refractivity contribution in [2.45, 2.75) is 50.4 Å². The number of nitrogens with one attached hydrogen (secondary N) is 1. The lowest BCUT2D eigenvalue weighted by molar-refractivity contribution is 0.0407. The van der Waals surface area contributed by atoms with Crippen LogP contribution in [0.3, 0.4) is 0 Å². The van der Waals surface area contributed by atoms with Gasteiger partial charge in [0.25, 0.3) is 0 Å². The SMILES string of the molecule is CC(=O)c1ccccc1[C@@H]1C[C@H]1NCC1(F)CCN(C(=O)OCc2ccccc2)CC1. The molecule has 0 unspecified atom stereocenters. The molecule has 31 heavy (non-hydrogen) atoms. The predicted octanol–water partition coefficient (Wildman–Crippen LogP) is 4.48. The van der Waals surface area contributed by atoms with E-state index in [1.54, 1.807) is 11.8 Å². The van der Waals surface area contributed by atoms with Crippen molar-refractivity contribution in [3.63, 3.8) is 0 Å². The third-order valence-corrected chi connectivity index (χ3v) is 6.33. The number of hydrogen-bond donors (Lipinski definition) is 1. The second-order valence-electron chi connectivity index (χ2n) is 8.65. The largest absolute Gasteiger partial charge is 0.445 e. The number of benzene rings is 2. The number of hydrogen-bond acceptors (Lipinski definition) is 4. The summed E-state index contributed by atoms with van der Waals surface area (Å²) in [5.74, 6) is 0.325. The highest BCUT2D eigenvalue weighted by molar-refractivity contribution is 5.95. The summed E-state index contributed by atoms with van der Waals surface area (Å²) in [6.45, 7) is 2.78. The van der Waals surface area contributed by atoms with Gasteiger partial charge in [-0.15, -0.1) is 0 Å². The molecule has 0 spiro atoms. The van der Waals surface area contributed by atoms with E-state index >= 15 is 4.39 Å². The highest BCUT2D eigenvalue weighted by Crippen LogP contribution is 2.43. The lowest BCUT2D eigenvalue weighted by atomic mass is 9.93. The van der Waals surface area contributed by atoms with Gasteiger partial charge in [0.2, 0.25) is 0 Å². The number of Topliss-reactive ketones (excluding diaryl/α,β-unsaturated/α-hetero) is 1. The second kappa shape index (κ2) is 9.18. The number of ether oxygens (including phenoxy) is 1. The van der Waals surface area contributed by atoms with Crippen LogP contribution >= 0.6 is 0 Å². The molecule has 2 aliphatic rings. The van der Waals surface area contributed by atoms with Gasteiger partial charge >= 0.3 is 6.09 Å². The van der Waals surface area contributed by atoms with E-state index in [2.05, 4.69) is 5.32 Å². The van der Waals surface area contributed by atoms with Crippen molar-refractivity contribution < 1.29 is 18.7 Å². The minimum atomic E-state index is -1.33. The molecular weight excluding hydrogens is 395 g/mol. The summed E-state index contributed by atoms with van der Waals surface area (Å²) in [5, 5.41) is 3.35. The number of piperidine rings is 1. The van der Waals surface area contributed by atoms with Crippen molar-refractivity contribution >= 4 is 11.9 Å². The molecule has 0 aromatic heterocycles. The van der Waals surface area contributed by atoms with Gasteiger partial charge in [-0.05, 0) is 24.5 Å². The quantitative estimate of drug-likeness (QED) is 0.666. The van der Waals surface area contributed by atoms with Crippen molar-refractivity contribution in [1.29, 1.82) is 0 Å². The minimum Gasteiger partial charge on any atom is -0.445 e. The first-order valence-electron chi connectivity index (χ1n) is 10.9. The van der Waals surface area contributed by atoms with E-state index in [4.69, 9.17) is 4.74 Å². The van der Waals surface area contributed by atoms with Crippen molar-refractivity contribution in [3.05, 3.63) is 71.3 Å². The Morgan fingerprint density at radius 3 is 2.48 bits per heavy atom. The lowest BCUT2D eigenvalue weighted by Crippen LogP contribution is -2.49. The van der Waals surface area contributed by atoms with E-state index in [1.807, 2.05) is 54.6 Å². The van der Waals surface area contributed by atoms with Gasteiger partial charge in [-0.25, -0.2) is 9.18 Å². The molecule has 2 aromatic carbocycles. The van der Waals surface area contributed by atoms with Crippen molar-refractivity contribution in [2.75, 3.05) is 19.6 Å². The fraction of sp³-hybridized carbons (Fsp3) is 0.440. The van der Waals surface area contributed by atoms with Crippen molar-refractivity contribution in [2.24, 2.45) is 0 Å². The van der Waals surface area contributed by atoms with Crippen LogP contribution in [0, 0.1) is 0 Å². The maximum Gasteiger partial charge on any atom is 0.410 e. The Labute approximate surface area is 182 Å². The standard InChI is InChI=1S/C25H29FN2O3/c1-18(29)20-9-5-6-10-21(20)22-15-23(22)27-17-25(26)11-13-28(14-12-25)24(30)31-16-19-7-3-2-4-8-19/h2-10,22-23,27H,11-17H2,1H3/t22-,23+/m0/s1. The van der Waals surface area contributed by atoms with Gasteiger partial charge in [0.15, 0.2) is 5.78 Å². The first-order chi connectivity index (χ1) is 15.0. The predicted molar refractivity (Wildman–Crippen MR) is 117 cm³/mol. The summed E-state index contributed by atoms with van der Waals surface area (Å²) >= 11 is 0. The molecule has 0 radical (unpaired) electrons. The van der Waals surface area contributed by atoms with Gasteiger partial charge in [-0.2, -0.15) is 0 Å². The molecular formula is C25H29FN2O3. The number of carbonyl (C=O) groups excluding carboxylic acids is 2. The third-order valence-electron chi connectivity index (χ3n) is 6.33. The zero-order valence-corrected chi connectivity index (χ0v) is 17.9. The molecule has 1 heterocycles. The Balaban J connectivity index is 1.22. The van der Waals surface area contributed by atoms with E-state index in [-0.39, 0.29) is 37.0 Å². The van der Waals surface area contributed by atoms with E-state index in [0.29, 0.717) is 25.9 Å². The summed E-state index contributed by atoms with van der Waals surface area (Å²) in [5.41, 5.74) is 1.41. The fourth-order valence-corrected chi connectivity index (χ4v) is 4.30. The van der Waals surface area contributed by atoms with Crippen molar-refractivity contribution in [1.82, 2.24) is 10.2 Å².